The van der Waals surface area contributed by atoms with Gasteiger partial charge in [-0.1, -0.05) is 25.1 Å². The molecular weight excluding hydrogens is 292 g/mol. The molecule has 0 bridgehead atoms. The molecule has 0 fully saturated rings. The summed E-state index contributed by atoms with van der Waals surface area (Å²) in [4.78, 5) is 15.2. The summed E-state index contributed by atoms with van der Waals surface area (Å²) in [6.45, 7) is 3.82. The molecule has 0 aliphatic rings. The summed E-state index contributed by atoms with van der Waals surface area (Å²) in [5.41, 5.74) is 2.38. The van der Waals surface area contributed by atoms with E-state index in [0.29, 0.717) is 0 Å². The van der Waals surface area contributed by atoms with Crippen LogP contribution in [0.15, 0.2) is 41.8 Å². The zero-order valence-electron chi connectivity index (χ0n) is 13.3. The van der Waals surface area contributed by atoms with Crippen LogP contribution in [-0.4, -0.2) is 26.0 Å². The summed E-state index contributed by atoms with van der Waals surface area (Å²) in [6, 6.07) is 12.4. The van der Waals surface area contributed by atoms with Crippen molar-refractivity contribution < 1.29 is 4.79 Å². The third-order valence-electron chi connectivity index (χ3n) is 3.74. The van der Waals surface area contributed by atoms with Gasteiger partial charge >= 0.3 is 0 Å². The lowest BCUT2D eigenvalue weighted by atomic mass is 10.2. The maximum atomic E-state index is 12.1. The van der Waals surface area contributed by atoms with Crippen molar-refractivity contribution in [1.82, 2.24) is 5.32 Å². The predicted octanol–water partition coefficient (Wildman–Crippen LogP) is 3.96. The highest BCUT2D eigenvalue weighted by Crippen LogP contribution is 2.17. The van der Waals surface area contributed by atoms with Crippen molar-refractivity contribution in [3.8, 4) is 0 Å². The standard InChI is InChI=1S/C18H24N2OS/c1-3-15-11-14-22-17(15)18(21)19-12-7-8-13-20(2)16-9-5-4-6-10-16/h4-6,9-11,14H,3,7-8,12-13H2,1-2H3,(H,19,21). The number of anilines is 1. The number of thiophene rings is 1. The van der Waals surface area contributed by atoms with Crippen LogP contribution in [0.1, 0.15) is 35.0 Å². The number of amides is 1. The van der Waals surface area contributed by atoms with Gasteiger partial charge in [-0.3, -0.25) is 4.79 Å². The summed E-state index contributed by atoms with van der Waals surface area (Å²) in [7, 11) is 2.10. The first-order chi connectivity index (χ1) is 10.7. The van der Waals surface area contributed by atoms with Crippen molar-refractivity contribution in [2.75, 3.05) is 25.0 Å². The Morgan fingerprint density at radius 1 is 1.18 bits per heavy atom. The van der Waals surface area contributed by atoms with Gasteiger partial charge in [0.15, 0.2) is 0 Å². The molecule has 0 saturated heterocycles. The number of para-hydroxylation sites is 1. The summed E-state index contributed by atoms with van der Waals surface area (Å²) < 4.78 is 0. The van der Waals surface area contributed by atoms with Crippen molar-refractivity contribution in [3.05, 3.63) is 52.2 Å². The Bertz CT molecular complexity index is 580. The molecule has 0 aliphatic carbocycles. The van der Waals surface area contributed by atoms with Crippen LogP contribution in [0, 0.1) is 0 Å². The number of nitrogens with one attached hydrogen (secondary N) is 1. The Kier molecular flexibility index (Phi) is 6.46. The molecule has 2 aromatic rings. The van der Waals surface area contributed by atoms with Gasteiger partial charge in [0.25, 0.3) is 5.91 Å². The van der Waals surface area contributed by atoms with Crippen LogP contribution >= 0.6 is 11.3 Å². The van der Waals surface area contributed by atoms with Crippen LogP contribution in [-0.2, 0) is 6.42 Å². The SMILES string of the molecule is CCc1ccsc1C(=O)NCCCCN(C)c1ccccc1. The first kappa shape index (κ1) is 16.6. The van der Waals surface area contributed by atoms with Gasteiger partial charge in [-0.2, -0.15) is 0 Å². The minimum atomic E-state index is 0.0725. The van der Waals surface area contributed by atoms with Gasteiger partial charge in [0, 0.05) is 25.8 Å². The van der Waals surface area contributed by atoms with Crippen LogP contribution in [0.2, 0.25) is 0 Å². The van der Waals surface area contributed by atoms with E-state index in [1.807, 2.05) is 17.5 Å². The van der Waals surface area contributed by atoms with E-state index >= 15 is 0 Å². The van der Waals surface area contributed by atoms with Crippen molar-refractivity contribution in [2.45, 2.75) is 26.2 Å². The lowest BCUT2D eigenvalue weighted by Gasteiger charge is -2.19. The summed E-state index contributed by atoms with van der Waals surface area (Å²) in [5, 5.41) is 5.01. The third-order valence-corrected chi connectivity index (χ3v) is 4.69. The average Bonchev–Trinajstić information content (AvgIpc) is 3.03. The quantitative estimate of drug-likeness (QED) is 0.748. The fourth-order valence-electron chi connectivity index (χ4n) is 2.38. The largest absolute Gasteiger partial charge is 0.375 e. The maximum absolute atomic E-state index is 12.1. The average molecular weight is 316 g/mol. The Balaban J connectivity index is 1.66. The molecule has 1 heterocycles. The van der Waals surface area contributed by atoms with Crippen LogP contribution in [0.4, 0.5) is 5.69 Å². The van der Waals surface area contributed by atoms with Gasteiger partial charge in [0.1, 0.15) is 0 Å². The second kappa shape index (κ2) is 8.59. The van der Waals surface area contributed by atoms with Crippen LogP contribution in [0.25, 0.3) is 0 Å². The van der Waals surface area contributed by atoms with E-state index in [9.17, 15) is 4.79 Å². The van der Waals surface area contributed by atoms with Gasteiger partial charge in [0.2, 0.25) is 0 Å². The number of benzene rings is 1. The lowest BCUT2D eigenvalue weighted by molar-refractivity contribution is 0.0956. The molecule has 0 aliphatic heterocycles. The number of carbonyl (C=O) groups excluding carboxylic acids is 1. The van der Waals surface area contributed by atoms with E-state index in [0.717, 1.165) is 42.8 Å². The molecule has 1 aromatic heterocycles. The van der Waals surface area contributed by atoms with Crippen LogP contribution in [0.3, 0.4) is 0 Å². The van der Waals surface area contributed by atoms with Gasteiger partial charge in [-0.15, -0.1) is 11.3 Å². The van der Waals surface area contributed by atoms with Gasteiger partial charge < -0.3 is 10.2 Å². The van der Waals surface area contributed by atoms with Crippen molar-refractivity contribution in [3.63, 3.8) is 0 Å². The number of rotatable bonds is 8. The molecule has 118 valence electrons. The normalized spacial score (nSPS) is 10.5. The molecule has 4 heteroatoms. The zero-order valence-corrected chi connectivity index (χ0v) is 14.2. The summed E-state index contributed by atoms with van der Waals surface area (Å²) >= 11 is 1.53. The minimum absolute atomic E-state index is 0.0725. The van der Waals surface area contributed by atoms with E-state index in [1.54, 1.807) is 0 Å². The molecule has 22 heavy (non-hydrogen) atoms. The third kappa shape index (κ3) is 4.60. The highest BCUT2D eigenvalue weighted by molar-refractivity contribution is 7.12. The molecule has 0 radical (unpaired) electrons. The molecule has 2 rings (SSSR count). The predicted molar refractivity (Wildman–Crippen MR) is 95.0 cm³/mol. The highest BCUT2D eigenvalue weighted by Gasteiger charge is 2.10. The minimum Gasteiger partial charge on any atom is -0.375 e. The van der Waals surface area contributed by atoms with E-state index in [4.69, 9.17) is 0 Å². The molecule has 1 aromatic carbocycles. The first-order valence-electron chi connectivity index (χ1n) is 7.83. The molecule has 0 unspecified atom stereocenters. The molecular formula is C18H24N2OS. The Morgan fingerprint density at radius 2 is 1.95 bits per heavy atom. The number of carbonyl (C=O) groups is 1. The molecule has 0 atom stereocenters. The molecule has 1 N–H and O–H groups in total. The summed E-state index contributed by atoms with van der Waals surface area (Å²) in [6.07, 6.45) is 2.97. The number of hydrogen-bond acceptors (Lipinski definition) is 3. The molecule has 0 spiro atoms. The fourth-order valence-corrected chi connectivity index (χ4v) is 3.29. The second-order valence-corrected chi connectivity index (χ2v) is 6.26. The van der Waals surface area contributed by atoms with Gasteiger partial charge in [-0.25, -0.2) is 0 Å². The number of aryl methyl sites for hydroxylation is 1. The Labute approximate surface area is 137 Å². The van der Waals surface area contributed by atoms with E-state index in [2.05, 4.69) is 48.5 Å². The zero-order chi connectivity index (χ0) is 15.8. The first-order valence-corrected chi connectivity index (χ1v) is 8.71. The topological polar surface area (TPSA) is 32.3 Å². The van der Waals surface area contributed by atoms with Crippen molar-refractivity contribution in [2.24, 2.45) is 0 Å². The summed E-state index contributed by atoms with van der Waals surface area (Å²) in [5.74, 6) is 0.0725. The maximum Gasteiger partial charge on any atom is 0.261 e. The van der Waals surface area contributed by atoms with Crippen molar-refractivity contribution in [1.29, 1.82) is 0 Å². The lowest BCUT2D eigenvalue weighted by Crippen LogP contribution is -2.25. The van der Waals surface area contributed by atoms with Crippen LogP contribution < -0.4 is 10.2 Å². The number of nitrogens with zero attached hydrogens (tertiary/aromatic N) is 1. The van der Waals surface area contributed by atoms with E-state index < -0.39 is 0 Å². The molecule has 0 saturated carbocycles. The Morgan fingerprint density at radius 3 is 2.68 bits per heavy atom. The second-order valence-electron chi connectivity index (χ2n) is 5.35. The van der Waals surface area contributed by atoms with E-state index in [1.165, 1.54) is 17.0 Å². The molecule has 1 amide bonds. The Hall–Kier alpha value is -1.81. The van der Waals surface area contributed by atoms with Gasteiger partial charge in [-0.05, 0) is 48.4 Å². The van der Waals surface area contributed by atoms with Crippen molar-refractivity contribution >= 4 is 22.9 Å². The number of unbranched alkanes of at least 4 members (excludes halogenated alkanes) is 1. The van der Waals surface area contributed by atoms with Crippen LogP contribution in [0.5, 0.6) is 0 Å². The molecule has 3 nitrogen and oxygen atoms in total. The number of hydrogen-bond donors (Lipinski definition) is 1. The monoisotopic (exact) mass is 316 g/mol. The highest BCUT2D eigenvalue weighted by atomic mass is 32.1. The smallest absolute Gasteiger partial charge is 0.261 e. The van der Waals surface area contributed by atoms with Gasteiger partial charge in [0.05, 0.1) is 4.88 Å². The van der Waals surface area contributed by atoms with E-state index in [-0.39, 0.29) is 5.91 Å². The fraction of sp³-hybridized carbons (Fsp3) is 0.389.